The molecule has 7 rings (SSSR count). The first kappa shape index (κ1) is 60.0. The molecule has 0 amide bonds. The number of ether oxygens (including phenoxy) is 12. The first-order valence-electron chi connectivity index (χ1n) is 26.7. The fourth-order valence-corrected chi connectivity index (χ4v) is 7.84. The minimum absolute atomic E-state index is 0.0348. The SMILES string of the molecule is OCCOCCOCCOc1ccc(-c2cc(C#CC#Cc3ccccc3)cc3c2OCCOCCOCCOCCOCCOc2c(-c4ccc(OCCOCCOCCO)cc4)cc(C#CC#Cc4ccccc4)cc2-3)cc1. The Morgan fingerprint density at radius 1 is 0.325 bits per heavy atom. The molecule has 1 aliphatic rings. The van der Waals surface area contributed by atoms with E-state index < -0.39 is 0 Å². The van der Waals surface area contributed by atoms with E-state index in [1.54, 1.807) is 0 Å². The summed E-state index contributed by atoms with van der Waals surface area (Å²) in [4.78, 5) is 0. The van der Waals surface area contributed by atoms with Gasteiger partial charge in [0, 0.05) is 44.5 Å². The topological polar surface area (TPSA) is 151 Å². The number of aliphatic hydroxyl groups excluding tert-OH is 2. The quantitative estimate of drug-likeness (QED) is 0.0559. The largest absolute Gasteiger partial charge is 0.491 e. The van der Waals surface area contributed by atoms with Crippen LogP contribution >= 0.6 is 0 Å². The van der Waals surface area contributed by atoms with Crippen molar-refractivity contribution in [2.45, 2.75) is 0 Å². The maximum Gasteiger partial charge on any atom is 0.135 e. The molecule has 0 aromatic heterocycles. The van der Waals surface area contributed by atoms with Crippen LogP contribution in [0.4, 0.5) is 0 Å². The number of fused-ring (bicyclic) bond motifs is 3. The second kappa shape index (κ2) is 36.5. The molecule has 1 heterocycles. The van der Waals surface area contributed by atoms with Crippen LogP contribution in [-0.4, -0.2) is 156 Å². The van der Waals surface area contributed by atoms with Crippen LogP contribution in [0.3, 0.4) is 0 Å². The number of hydrogen-bond donors (Lipinski definition) is 2. The van der Waals surface area contributed by atoms with Gasteiger partial charge >= 0.3 is 0 Å². The molecule has 1 aliphatic heterocycles. The van der Waals surface area contributed by atoms with Crippen LogP contribution in [0.15, 0.2) is 133 Å². The molecule has 0 fully saturated rings. The van der Waals surface area contributed by atoms with Gasteiger partial charge in [0.1, 0.15) is 49.4 Å². The molecule has 2 N–H and O–H groups in total. The monoisotopic (exact) mass is 1080 g/mol. The van der Waals surface area contributed by atoms with Gasteiger partial charge in [0.2, 0.25) is 0 Å². The Morgan fingerprint density at radius 2 is 0.637 bits per heavy atom. The maximum atomic E-state index is 8.97. The second-order valence-corrected chi connectivity index (χ2v) is 17.3. The zero-order valence-corrected chi connectivity index (χ0v) is 45.1. The van der Waals surface area contributed by atoms with Crippen molar-refractivity contribution in [2.24, 2.45) is 0 Å². The molecule has 0 saturated carbocycles. The fourth-order valence-electron chi connectivity index (χ4n) is 7.84. The Morgan fingerprint density at radius 3 is 1.00 bits per heavy atom. The van der Waals surface area contributed by atoms with Gasteiger partial charge in [-0.3, -0.25) is 0 Å². The highest BCUT2D eigenvalue weighted by Gasteiger charge is 2.23. The molecule has 0 unspecified atom stereocenters. The molecule has 6 aromatic carbocycles. The lowest BCUT2D eigenvalue weighted by Gasteiger charge is -2.22. The Labute approximate surface area is 470 Å². The molecule has 14 nitrogen and oxygen atoms in total. The van der Waals surface area contributed by atoms with Crippen LogP contribution in [0.2, 0.25) is 0 Å². The third-order valence-corrected chi connectivity index (χ3v) is 11.6. The van der Waals surface area contributed by atoms with Crippen LogP contribution in [0.25, 0.3) is 33.4 Å². The lowest BCUT2D eigenvalue weighted by molar-refractivity contribution is -0.00702. The minimum atomic E-state index is -0.0348. The highest BCUT2D eigenvalue weighted by Crippen LogP contribution is 2.47. The summed E-state index contributed by atoms with van der Waals surface area (Å²) in [5.41, 5.74) is 7.52. The Balaban J connectivity index is 1.35. The van der Waals surface area contributed by atoms with E-state index in [1.165, 1.54) is 0 Å². The van der Waals surface area contributed by atoms with E-state index in [4.69, 9.17) is 67.1 Å². The van der Waals surface area contributed by atoms with E-state index in [-0.39, 0.29) is 52.9 Å². The molecule has 0 atom stereocenters. The van der Waals surface area contributed by atoms with Gasteiger partial charge < -0.3 is 67.1 Å². The van der Waals surface area contributed by atoms with Crippen LogP contribution < -0.4 is 18.9 Å². The van der Waals surface area contributed by atoms with Crippen molar-refractivity contribution in [1.29, 1.82) is 0 Å². The van der Waals surface area contributed by atoms with Crippen molar-refractivity contribution < 1.29 is 67.1 Å². The molecule has 0 radical (unpaired) electrons. The van der Waals surface area contributed by atoms with Crippen molar-refractivity contribution >= 4 is 0 Å². The van der Waals surface area contributed by atoms with E-state index in [2.05, 4.69) is 47.4 Å². The predicted octanol–water partition coefficient (Wildman–Crippen LogP) is 8.14. The summed E-state index contributed by atoms with van der Waals surface area (Å²) in [7, 11) is 0. The number of rotatable bonds is 20. The normalized spacial score (nSPS) is 13.0. The van der Waals surface area contributed by atoms with Gasteiger partial charge in [0.05, 0.1) is 119 Å². The average Bonchev–Trinajstić information content (AvgIpc) is 3.49. The first-order chi connectivity index (χ1) is 39.7. The maximum absolute atomic E-state index is 8.97. The van der Waals surface area contributed by atoms with Crippen LogP contribution in [0.5, 0.6) is 23.0 Å². The van der Waals surface area contributed by atoms with E-state index in [0.29, 0.717) is 138 Å². The summed E-state index contributed by atoms with van der Waals surface area (Å²) in [6.45, 7) is 6.71. The molecule has 6 aromatic rings. The van der Waals surface area contributed by atoms with E-state index in [1.807, 2.05) is 133 Å². The van der Waals surface area contributed by atoms with Gasteiger partial charge in [-0.2, -0.15) is 0 Å². The summed E-state index contributed by atoms with van der Waals surface area (Å²) in [5, 5.41) is 17.9. The Bertz CT molecular complexity index is 2800. The summed E-state index contributed by atoms with van der Waals surface area (Å²) in [5.74, 6) is 27.7. The van der Waals surface area contributed by atoms with Gasteiger partial charge in [-0.25, -0.2) is 0 Å². The molecule has 0 saturated heterocycles. The summed E-state index contributed by atoms with van der Waals surface area (Å²) in [6, 6.07) is 43.0. The number of hydrogen-bond acceptors (Lipinski definition) is 14. The van der Waals surface area contributed by atoms with Crippen LogP contribution in [0.1, 0.15) is 22.3 Å². The molecule has 14 heteroatoms. The fraction of sp³-hybridized carbons (Fsp3) is 0.333. The molecule has 0 aliphatic carbocycles. The standard InChI is InChI=1S/C66H68O14/c67-27-29-69-31-33-73-41-45-77-59-23-19-57(20-24-59)61-49-55(17-9-7-15-53-11-3-1-4-12-53)51-63-64-52-56(18-10-8-16-54-13-5-2-6-14-54)50-62(58-21-25-60(26-22-58)78-46-42-74-34-32-70-30-28-68)66(64)80-48-44-76-40-38-72-36-35-71-37-39-75-43-47-79-65(61)63/h1-6,11-14,19-26,49-52,67-68H,27-48H2. The van der Waals surface area contributed by atoms with Crippen molar-refractivity contribution in [1.82, 2.24) is 0 Å². The van der Waals surface area contributed by atoms with Crippen LogP contribution in [-0.2, 0) is 37.9 Å². The lowest BCUT2D eigenvalue weighted by Crippen LogP contribution is -2.15. The van der Waals surface area contributed by atoms with Crippen molar-refractivity contribution in [2.75, 3.05) is 145 Å². The molecular weight excluding hydrogens is 1020 g/mol. The lowest BCUT2D eigenvalue weighted by atomic mass is 9.90. The Kier molecular flexibility index (Phi) is 27.4. The highest BCUT2D eigenvalue weighted by atomic mass is 16.6. The van der Waals surface area contributed by atoms with Gasteiger partial charge in [-0.15, -0.1) is 0 Å². The van der Waals surface area contributed by atoms with Crippen molar-refractivity contribution in [3.8, 4) is 104 Å². The first-order valence-corrected chi connectivity index (χ1v) is 26.7. The number of benzene rings is 6. The van der Waals surface area contributed by atoms with Crippen molar-refractivity contribution in [3.05, 3.63) is 156 Å². The minimum Gasteiger partial charge on any atom is -0.491 e. The van der Waals surface area contributed by atoms with Crippen LogP contribution in [0, 0.1) is 47.4 Å². The van der Waals surface area contributed by atoms with E-state index in [0.717, 1.165) is 33.4 Å². The molecule has 416 valence electrons. The van der Waals surface area contributed by atoms with Crippen molar-refractivity contribution in [3.63, 3.8) is 0 Å². The third kappa shape index (κ3) is 21.5. The highest BCUT2D eigenvalue weighted by molar-refractivity contribution is 5.91. The molecule has 0 bridgehead atoms. The second-order valence-electron chi connectivity index (χ2n) is 17.3. The van der Waals surface area contributed by atoms with E-state index in [9.17, 15) is 0 Å². The summed E-state index contributed by atoms with van der Waals surface area (Å²) < 4.78 is 71.5. The number of aliphatic hydroxyl groups is 2. The zero-order chi connectivity index (χ0) is 55.3. The third-order valence-electron chi connectivity index (χ3n) is 11.6. The summed E-state index contributed by atoms with van der Waals surface area (Å²) >= 11 is 0. The summed E-state index contributed by atoms with van der Waals surface area (Å²) in [6.07, 6.45) is 0. The molecule has 0 spiro atoms. The average molecular weight is 1090 g/mol. The predicted molar refractivity (Wildman–Crippen MR) is 306 cm³/mol. The van der Waals surface area contributed by atoms with Gasteiger partial charge in [-0.05, 0) is 108 Å². The molecular formula is C66H68O14. The van der Waals surface area contributed by atoms with Gasteiger partial charge in [-0.1, -0.05) is 84.3 Å². The Hall–Kier alpha value is -7.64. The van der Waals surface area contributed by atoms with Gasteiger partial charge in [0.25, 0.3) is 0 Å². The molecule has 80 heavy (non-hydrogen) atoms. The zero-order valence-electron chi connectivity index (χ0n) is 45.1. The van der Waals surface area contributed by atoms with E-state index >= 15 is 0 Å². The smallest absolute Gasteiger partial charge is 0.135 e. The van der Waals surface area contributed by atoms with Gasteiger partial charge in [0.15, 0.2) is 0 Å².